The van der Waals surface area contributed by atoms with E-state index in [9.17, 15) is 4.79 Å². The highest BCUT2D eigenvalue weighted by molar-refractivity contribution is 5.95. The van der Waals surface area contributed by atoms with Gasteiger partial charge in [-0.1, -0.05) is 0 Å². The summed E-state index contributed by atoms with van der Waals surface area (Å²) < 4.78 is 6.71. The molecule has 3 aromatic rings. The maximum absolute atomic E-state index is 11.8. The quantitative estimate of drug-likeness (QED) is 0.776. The van der Waals surface area contributed by atoms with Crippen LogP contribution in [-0.2, 0) is 9.53 Å². The number of anilines is 1. The lowest BCUT2D eigenvalue weighted by Gasteiger charge is -2.05. The van der Waals surface area contributed by atoms with Gasteiger partial charge < -0.3 is 10.1 Å². The molecule has 7 nitrogen and oxygen atoms in total. The smallest absolute Gasteiger partial charge is 0.250 e. The van der Waals surface area contributed by atoms with Crippen molar-refractivity contribution in [3.63, 3.8) is 0 Å². The topological polar surface area (TPSA) is 81.4 Å². The van der Waals surface area contributed by atoms with Crippen molar-refractivity contribution < 1.29 is 9.53 Å². The predicted molar refractivity (Wildman–Crippen MR) is 81.3 cm³/mol. The van der Waals surface area contributed by atoms with E-state index in [2.05, 4.69) is 20.4 Å². The van der Waals surface area contributed by atoms with Crippen LogP contribution in [0.4, 0.5) is 5.69 Å². The molecular formula is C15H15N5O2. The Labute approximate surface area is 127 Å². The Morgan fingerprint density at radius 1 is 1.36 bits per heavy atom. The molecule has 0 unspecified atom stereocenters. The summed E-state index contributed by atoms with van der Waals surface area (Å²) in [5.74, 6) is 0.334. The van der Waals surface area contributed by atoms with Gasteiger partial charge in [-0.3, -0.25) is 9.78 Å². The Kier molecular flexibility index (Phi) is 4.06. The molecule has 0 aliphatic rings. The molecule has 3 aromatic heterocycles. The van der Waals surface area contributed by atoms with Crippen molar-refractivity contribution in [2.45, 2.75) is 6.92 Å². The van der Waals surface area contributed by atoms with Crippen molar-refractivity contribution in [3.05, 3.63) is 42.9 Å². The summed E-state index contributed by atoms with van der Waals surface area (Å²) in [5.41, 5.74) is 1.99. The average molecular weight is 297 g/mol. The maximum atomic E-state index is 11.8. The van der Waals surface area contributed by atoms with E-state index in [0.29, 0.717) is 23.8 Å². The first kappa shape index (κ1) is 14.2. The van der Waals surface area contributed by atoms with E-state index >= 15 is 0 Å². The van der Waals surface area contributed by atoms with Crippen molar-refractivity contribution >= 4 is 17.2 Å². The van der Waals surface area contributed by atoms with Crippen LogP contribution < -0.4 is 5.32 Å². The lowest BCUT2D eigenvalue weighted by molar-refractivity contribution is -0.120. The van der Waals surface area contributed by atoms with Gasteiger partial charge in [-0.05, 0) is 31.2 Å². The van der Waals surface area contributed by atoms with Gasteiger partial charge in [0.25, 0.3) is 0 Å². The number of hydrogen-bond acceptors (Lipinski definition) is 5. The first-order valence-corrected chi connectivity index (χ1v) is 6.91. The van der Waals surface area contributed by atoms with Crippen molar-refractivity contribution in [1.29, 1.82) is 0 Å². The van der Waals surface area contributed by atoms with E-state index in [-0.39, 0.29) is 12.5 Å². The van der Waals surface area contributed by atoms with Crippen LogP contribution in [0.5, 0.6) is 0 Å². The van der Waals surface area contributed by atoms with Crippen molar-refractivity contribution in [2.75, 3.05) is 18.5 Å². The molecule has 22 heavy (non-hydrogen) atoms. The van der Waals surface area contributed by atoms with Crippen molar-refractivity contribution in [3.8, 4) is 11.4 Å². The minimum absolute atomic E-state index is 0.0150. The number of aromatic nitrogens is 4. The SMILES string of the molecule is CCOCC(=O)Nc1cccn2nc(-c3cccnc3)nc12. The zero-order valence-corrected chi connectivity index (χ0v) is 12.1. The maximum Gasteiger partial charge on any atom is 0.250 e. The summed E-state index contributed by atoms with van der Waals surface area (Å²) in [6.07, 6.45) is 5.17. The molecule has 0 radical (unpaired) electrons. The second-order valence-corrected chi connectivity index (χ2v) is 4.55. The van der Waals surface area contributed by atoms with Gasteiger partial charge in [0.15, 0.2) is 11.5 Å². The van der Waals surface area contributed by atoms with Gasteiger partial charge in [0.1, 0.15) is 6.61 Å². The van der Waals surface area contributed by atoms with Crippen LogP contribution in [0.15, 0.2) is 42.9 Å². The Hall–Kier alpha value is -2.80. The number of carbonyl (C=O) groups excluding carboxylic acids is 1. The number of nitrogens with zero attached hydrogens (tertiary/aromatic N) is 4. The standard InChI is InChI=1S/C15H15N5O2/c1-2-22-10-13(21)17-12-6-4-8-20-15(12)18-14(19-20)11-5-3-7-16-9-11/h3-9H,2,10H2,1H3,(H,17,21). The van der Waals surface area contributed by atoms with Gasteiger partial charge in [0.05, 0.1) is 5.69 Å². The number of hydrogen-bond donors (Lipinski definition) is 1. The van der Waals surface area contributed by atoms with Crippen molar-refractivity contribution in [2.24, 2.45) is 0 Å². The molecule has 0 aliphatic heterocycles. The summed E-state index contributed by atoms with van der Waals surface area (Å²) in [4.78, 5) is 20.3. The third-order valence-electron chi connectivity index (χ3n) is 2.99. The molecule has 7 heteroatoms. The summed E-state index contributed by atoms with van der Waals surface area (Å²) in [5, 5.41) is 7.18. The van der Waals surface area contributed by atoms with Gasteiger partial charge in [-0.15, -0.1) is 5.10 Å². The summed E-state index contributed by atoms with van der Waals surface area (Å²) in [6.45, 7) is 2.35. The number of ether oxygens (including phenoxy) is 1. The second-order valence-electron chi connectivity index (χ2n) is 4.55. The number of rotatable bonds is 5. The van der Waals surface area contributed by atoms with E-state index in [1.165, 1.54) is 0 Å². The molecule has 0 spiro atoms. The Morgan fingerprint density at radius 2 is 2.27 bits per heavy atom. The lowest BCUT2D eigenvalue weighted by atomic mass is 10.3. The average Bonchev–Trinajstić information content (AvgIpc) is 2.99. The van der Waals surface area contributed by atoms with Crippen LogP contribution in [0.2, 0.25) is 0 Å². The van der Waals surface area contributed by atoms with Crippen molar-refractivity contribution in [1.82, 2.24) is 19.6 Å². The minimum Gasteiger partial charge on any atom is -0.372 e. The third kappa shape index (κ3) is 2.94. The normalized spacial score (nSPS) is 10.8. The zero-order valence-electron chi connectivity index (χ0n) is 12.1. The molecule has 1 N–H and O–H groups in total. The lowest BCUT2D eigenvalue weighted by Crippen LogP contribution is -2.18. The molecule has 3 heterocycles. The number of fused-ring (bicyclic) bond motifs is 1. The predicted octanol–water partition coefficient (Wildman–Crippen LogP) is 1.77. The molecule has 0 aliphatic carbocycles. The van der Waals surface area contributed by atoms with Crippen LogP contribution in [0.3, 0.4) is 0 Å². The summed E-state index contributed by atoms with van der Waals surface area (Å²) in [6, 6.07) is 7.28. The van der Waals surface area contributed by atoms with Gasteiger partial charge >= 0.3 is 0 Å². The van der Waals surface area contributed by atoms with Gasteiger partial charge in [0, 0.05) is 30.8 Å². The van der Waals surface area contributed by atoms with Crippen LogP contribution in [0.25, 0.3) is 17.0 Å². The molecule has 0 atom stereocenters. The molecular weight excluding hydrogens is 282 g/mol. The molecule has 0 bridgehead atoms. The van der Waals surface area contributed by atoms with Crippen LogP contribution in [-0.4, -0.2) is 38.7 Å². The molecule has 0 fully saturated rings. The van der Waals surface area contributed by atoms with Crippen LogP contribution in [0, 0.1) is 0 Å². The minimum atomic E-state index is -0.221. The number of pyridine rings is 2. The number of amides is 1. The van der Waals surface area contributed by atoms with E-state index in [1.807, 2.05) is 19.1 Å². The highest BCUT2D eigenvalue weighted by Crippen LogP contribution is 2.19. The second kappa shape index (κ2) is 6.31. The van der Waals surface area contributed by atoms with E-state index in [4.69, 9.17) is 4.74 Å². The van der Waals surface area contributed by atoms with Gasteiger partial charge in [-0.2, -0.15) is 0 Å². The highest BCUT2D eigenvalue weighted by atomic mass is 16.5. The monoisotopic (exact) mass is 297 g/mol. The molecule has 1 amide bonds. The zero-order chi connectivity index (χ0) is 15.4. The summed E-state index contributed by atoms with van der Waals surface area (Å²) in [7, 11) is 0. The van der Waals surface area contributed by atoms with Crippen LogP contribution in [0.1, 0.15) is 6.92 Å². The third-order valence-corrected chi connectivity index (χ3v) is 2.99. The van der Waals surface area contributed by atoms with E-state index in [0.717, 1.165) is 5.56 Å². The fourth-order valence-corrected chi connectivity index (χ4v) is 2.00. The van der Waals surface area contributed by atoms with Gasteiger partial charge in [-0.25, -0.2) is 9.50 Å². The number of carbonyl (C=O) groups is 1. The van der Waals surface area contributed by atoms with Crippen LogP contribution >= 0.6 is 0 Å². The molecule has 112 valence electrons. The highest BCUT2D eigenvalue weighted by Gasteiger charge is 2.11. The molecule has 0 saturated heterocycles. The summed E-state index contributed by atoms with van der Waals surface area (Å²) >= 11 is 0. The first-order chi connectivity index (χ1) is 10.8. The molecule has 3 rings (SSSR count). The Balaban J connectivity index is 1.92. The Morgan fingerprint density at radius 3 is 3.05 bits per heavy atom. The van der Waals surface area contributed by atoms with E-state index in [1.54, 1.807) is 35.2 Å². The first-order valence-electron chi connectivity index (χ1n) is 6.91. The molecule has 0 aromatic carbocycles. The van der Waals surface area contributed by atoms with Gasteiger partial charge in [0.2, 0.25) is 5.91 Å². The number of nitrogens with one attached hydrogen (secondary N) is 1. The molecule has 0 saturated carbocycles. The largest absolute Gasteiger partial charge is 0.372 e. The fraction of sp³-hybridized carbons (Fsp3) is 0.200. The Bertz CT molecular complexity index is 785. The fourth-order valence-electron chi connectivity index (χ4n) is 2.00. The van der Waals surface area contributed by atoms with E-state index < -0.39 is 0 Å².